The highest BCUT2D eigenvalue weighted by Crippen LogP contribution is 2.35. The first-order chi connectivity index (χ1) is 11.3. The average Bonchev–Trinajstić information content (AvgIpc) is 2.41. The molecule has 25 heavy (non-hydrogen) atoms. The summed E-state index contributed by atoms with van der Waals surface area (Å²) in [5.41, 5.74) is -0.465. The third kappa shape index (κ3) is 6.93. The molecule has 1 aromatic carbocycles. The maximum Gasteiger partial charge on any atom is 0.407 e. The van der Waals surface area contributed by atoms with Gasteiger partial charge < -0.3 is 5.11 Å². The monoisotopic (exact) mass is 371 g/mol. The molecule has 0 bridgehead atoms. The van der Waals surface area contributed by atoms with Crippen molar-refractivity contribution < 1.29 is 36.2 Å². The summed E-state index contributed by atoms with van der Waals surface area (Å²) in [7, 11) is 0. The van der Waals surface area contributed by atoms with Crippen molar-refractivity contribution in [3.63, 3.8) is 0 Å². The van der Waals surface area contributed by atoms with Gasteiger partial charge in [-0.15, -0.1) is 0 Å². The van der Waals surface area contributed by atoms with Crippen LogP contribution in [0, 0.1) is 11.7 Å². The Morgan fingerprint density at radius 1 is 1.08 bits per heavy atom. The molecule has 0 spiro atoms. The van der Waals surface area contributed by atoms with Crippen LogP contribution in [0.3, 0.4) is 0 Å². The number of aliphatic carboxylic acids is 1. The number of halogens is 6. The molecule has 0 aliphatic carbocycles. The lowest BCUT2D eigenvalue weighted by atomic mass is 9.97. The van der Waals surface area contributed by atoms with Crippen molar-refractivity contribution in [1.82, 2.24) is 5.32 Å². The molecule has 0 aromatic heterocycles. The number of benzene rings is 1. The van der Waals surface area contributed by atoms with E-state index in [1.54, 1.807) is 5.32 Å². The van der Waals surface area contributed by atoms with E-state index in [0.29, 0.717) is 0 Å². The van der Waals surface area contributed by atoms with E-state index in [4.69, 9.17) is 5.11 Å². The highest BCUT2D eigenvalue weighted by molar-refractivity contribution is 5.73. The molecule has 0 saturated carbocycles. The molecule has 0 fully saturated rings. The van der Waals surface area contributed by atoms with Gasteiger partial charge in [0.15, 0.2) is 0 Å². The van der Waals surface area contributed by atoms with Crippen LogP contribution in [0.1, 0.15) is 38.3 Å². The molecule has 2 N–H and O–H groups in total. The predicted molar refractivity (Wildman–Crippen MR) is 78.8 cm³/mol. The van der Waals surface area contributed by atoms with E-state index in [0.717, 1.165) is 24.3 Å². The minimum atomic E-state index is -4.95. The zero-order chi connectivity index (χ0) is 19.4. The van der Waals surface area contributed by atoms with Gasteiger partial charge in [-0.25, -0.2) is 13.2 Å². The molecular weight excluding hydrogens is 352 g/mol. The van der Waals surface area contributed by atoms with Gasteiger partial charge in [-0.2, -0.15) is 13.2 Å². The Labute approximate surface area is 141 Å². The first-order valence-electron chi connectivity index (χ1n) is 7.50. The number of hydrogen-bond donors (Lipinski definition) is 2. The van der Waals surface area contributed by atoms with E-state index in [9.17, 15) is 31.1 Å². The lowest BCUT2D eigenvalue weighted by Gasteiger charge is -2.28. The van der Waals surface area contributed by atoms with Gasteiger partial charge in [-0.3, -0.25) is 10.1 Å². The molecule has 142 valence electrons. The summed E-state index contributed by atoms with van der Waals surface area (Å²) >= 11 is 0. The molecule has 2 atom stereocenters. The fourth-order valence-corrected chi connectivity index (χ4v) is 2.43. The van der Waals surface area contributed by atoms with Gasteiger partial charge in [-0.1, -0.05) is 26.0 Å². The number of nitrogens with one attached hydrogen (secondary N) is 1. The molecule has 0 radical (unpaired) electrons. The molecule has 1 aromatic rings. The molecule has 1 rings (SSSR count). The van der Waals surface area contributed by atoms with E-state index in [1.165, 1.54) is 13.8 Å². The Balaban J connectivity index is 3.05. The van der Waals surface area contributed by atoms with E-state index >= 15 is 0 Å². The largest absolute Gasteiger partial charge is 0.480 e. The number of hydrogen-bond acceptors (Lipinski definition) is 2. The van der Waals surface area contributed by atoms with Crippen LogP contribution >= 0.6 is 0 Å². The first kappa shape index (κ1) is 21.3. The third-order valence-electron chi connectivity index (χ3n) is 3.41. The van der Waals surface area contributed by atoms with Crippen LogP contribution in [0.4, 0.5) is 26.3 Å². The lowest BCUT2D eigenvalue weighted by Crippen LogP contribution is -2.47. The second-order valence-corrected chi connectivity index (χ2v) is 6.24. The summed E-state index contributed by atoms with van der Waals surface area (Å²) in [6.07, 6.45) is -6.88. The molecule has 0 amide bonds. The molecule has 0 heterocycles. The van der Waals surface area contributed by atoms with E-state index < -0.39 is 60.3 Å². The molecule has 1 unspecified atom stereocenters. The van der Waals surface area contributed by atoms with Crippen molar-refractivity contribution in [2.45, 2.75) is 50.9 Å². The molecule has 0 aliphatic heterocycles. The quantitative estimate of drug-likeness (QED) is 0.660. The highest BCUT2D eigenvalue weighted by atomic mass is 19.4. The fraction of sp³-hybridized carbons (Fsp3) is 0.562. The summed E-state index contributed by atoms with van der Waals surface area (Å²) in [4.78, 5) is 11.2. The SMILES string of the molecule is CC(C)CC(F)(F)CC(N[C@@H](c1ccc(F)cc1)C(F)(F)F)C(=O)O. The molecule has 0 aliphatic rings. The number of rotatable bonds is 8. The Morgan fingerprint density at radius 3 is 2.00 bits per heavy atom. The maximum atomic E-state index is 13.9. The third-order valence-corrected chi connectivity index (χ3v) is 3.41. The van der Waals surface area contributed by atoms with Crippen molar-refractivity contribution in [3.05, 3.63) is 35.6 Å². The Kier molecular flexibility index (Phi) is 6.87. The van der Waals surface area contributed by atoms with Gasteiger partial charge in [0.2, 0.25) is 0 Å². The number of carboxylic acids is 1. The van der Waals surface area contributed by atoms with Crippen LogP contribution in [0.15, 0.2) is 24.3 Å². The zero-order valence-corrected chi connectivity index (χ0v) is 13.6. The van der Waals surface area contributed by atoms with Crippen LogP contribution in [0.2, 0.25) is 0 Å². The smallest absolute Gasteiger partial charge is 0.407 e. The standard InChI is InChI=1S/C16H19F6NO2/c1-9(2)7-15(18,19)8-12(14(24)25)23-13(16(20,21)22)10-3-5-11(17)6-4-10/h3-6,9,12-13,23H,7-8H2,1-2H3,(H,24,25)/t12?,13-/m0/s1. The minimum Gasteiger partial charge on any atom is -0.480 e. The summed E-state index contributed by atoms with van der Waals surface area (Å²) in [6.45, 7) is 2.99. The van der Waals surface area contributed by atoms with Crippen LogP contribution in [0.25, 0.3) is 0 Å². The van der Waals surface area contributed by atoms with E-state index in [1.807, 2.05) is 0 Å². The van der Waals surface area contributed by atoms with E-state index in [-0.39, 0.29) is 0 Å². The van der Waals surface area contributed by atoms with Crippen LogP contribution in [0.5, 0.6) is 0 Å². The van der Waals surface area contributed by atoms with Crippen LogP contribution in [-0.4, -0.2) is 29.2 Å². The summed E-state index contributed by atoms with van der Waals surface area (Å²) in [5, 5.41) is 10.8. The van der Waals surface area contributed by atoms with E-state index in [2.05, 4.69) is 0 Å². The van der Waals surface area contributed by atoms with Crippen molar-refractivity contribution in [1.29, 1.82) is 0 Å². The summed E-state index contributed by atoms with van der Waals surface area (Å²) in [6, 6.07) is -1.43. The fourth-order valence-electron chi connectivity index (χ4n) is 2.43. The Morgan fingerprint density at radius 2 is 1.60 bits per heavy atom. The average molecular weight is 371 g/mol. The second kappa shape index (κ2) is 8.07. The maximum absolute atomic E-state index is 13.9. The van der Waals surface area contributed by atoms with Crippen LogP contribution < -0.4 is 5.32 Å². The lowest BCUT2D eigenvalue weighted by molar-refractivity contribution is -0.166. The minimum absolute atomic E-state index is 0.458. The molecule has 3 nitrogen and oxygen atoms in total. The normalized spacial score (nSPS) is 15.2. The van der Waals surface area contributed by atoms with Crippen molar-refractivity contribution >= 4 is 5.97 Å². The zero-order valence-electron chi connectivity index (χ0n) is 13.6. The molecule has 9 heteroatoms. The van der Waals surface area contributed by atoms with Gasteiger partial charge in [0.05, 0.1) is 0 Å². The summed E-state index contributed by atoms with van der Waals surface area (Å²) < 4.78 is 80.3. The van der Waals surface area contributed by atoms with Crippen molar-refractivity contribution in [3.8, 4) is 0 Å². The van der Waals surface area contributed by atoms with Gasteiger partial charge in [-0.05, 0) is 23.6 Å². The van der Waals surface area contributed by atoms with Crippen molar-refractivity contribution in [2.75, 3.05) is 0 Å². The highest BCUT2D eigenvalue weighted by Gasteiger charge is 2.45. The molecular formula is C16H19F6NO2. The number of carboxylic acid groups (broad SMARTS) is 1. The van der Waals surface area contributed by atoms with Gasteiger partial charge >= 0.3 is 12.1 Å². The second-order valence-electron chi connectivity index (χ2n) is 6.24. The number of carbonyl (C=O) groups is 1. The van der Waals surface area contributed by atoms with Crippen LogP contribution in [-0.2, 0) is 4.79 Å². The molecule has 0 saturated heterocycles. The predicted octanol–water partition coefficient (Wildman–Crippen LogP) is 4.54. The van der Waals surface area contributed by atoms with Gasteiger partial charge in [0.25, 0.3) is 5.92 Å². The van der Waals surface area contributed by atoms with Crippen molar-refractivity contribution in [2.24, 2.45) is 5.92 Å². The first-order valence-corrected chi connectivity index (χ1v) is 7.50. The topological polar surface area (TPSA) is 49.3 Å². The number of alkyl halides is 5. The Bertz CT molecular complexity index is 571. The van der Waals surface area contributed by atoms with Gasteiger partial charge in [0.1, 0.15) is 17.9 Å². The Hall–Kier alpha value is -1.77. The van der Waals surface area contributed by atoms with Gasteiger partial charge in [0, 0.05) is 12.8 Å². The summed E-state index contributed by atoms with van der Waals surface area (Å²) in [5.74, 6) is -6.49.